The van der Waals surface area contributed by atoms with E-state index in [4.69, 9.17) is 16.3 Å². The first-order valence-electron chi connectivity index (χ1n) is 5.66. The summed E-state index contributed by atoms with van der Waals surface area (Å²) in [4.78, 5) is 25.8. The number of carbonyl (C=O) groups excluding carboxylic acids is 2. The first-order chi connectivity index (χ1) is 9.10. The molecule has 0 spiro atoms. The lowest BCUT2D eigenvalue weighted by Crippen LogP contribution is -2.24. The summed E-state index contributed by atoms with van der Waals surface area (Å²) in [5.74, 6) is -0.0800. The van der Waals surface area contributed by atoms with E-state index < -0.39 is 5.97 Å². The minimum absolute atomic E-state index is 0.00919. The monoisotopic (exact) mass is 317 g/mol. The Morgan fingerprint density at radius 2 is 2.37 bits per heavy atom. The van der Waals surface area contributed by atoms with Crippen molar-refractivity contribution in [3.05, 3.63) is 32.5 Å². The zero-order chi connectivity index (χ0) is 13.8. The van der Waals surface area contributed by atoms with Gasteiger partial charge in [0.2, 0.25) is 5.91 Å². The van der Waals surface area contributed by atoms with Gasteiger partial charge in [-0.05, 0) is 19.1 Å². The quantitative estimate of drug-likeness (QED) is 0.633. The highest BCUT2D eigenvalue weighted by molar-refractivity contribution is 8.04. The summed E-state index contributed by atoms with van der Waals surface area (Å²) in [6, 6.07) is 3.68. The predicted octanol–water partition coefficient (Wildman–Crippen LogP) is 2.88. The maximum atomic E-state index is 11.8. The van der Waals surface area contributed by atoms with Crippen LogP contribution < -0.4 is 0 Å². The van der Waals surface area contributed by atoms with Gasteiger partial charge in [0.25, 0.3) is 0 Å². The number of esters is 1. The molecule has 1 amide bonds. The lowest BCUT2D eigenvalue weighted by molar-refractivity contribution is -0.137. The number of hydrogen-bond acceptors (Lipinski definition) is 5. The molecular formula is C12H12ClNO3S2. The molecule has 1 aliphatic rings. The Balaban J connectivity index is 2.11. The number of hydrogen-bond donors (Lipinski definition) is 0. The van der Waals surface area contributed by atoms with Gasteiger partial charge in [-0.15, -0.1) is 11.3 Å². The van der Waals surface area contributed by atoms with Crippen LogP contribution in [0.3, 0.4) is 0 Å². The third-order valence-corrected chi connectivity index (χ3v) is 4.62. The van der Waals surface area contributed by atoms with Crippen LogP contribution >= 0.6 is 34.7 Å². The van der Waals surface area contributed by atoms with E-state index in [1.54, 1.807) is 17.9 Å². The van der Waals surface area contributed by atoms with Crippen molar-refractivity contribution in [1.29, 1.82) is 0 Å². The molecule has 0 aliphatic carbocycles. The molecule has 0 bridgehead atoms. The maximum Gasteiger partial charge on any atom is 0.333 e. The highest BCUT2D eigenvalue weighted by Gasteiger charge is 2.27. The SMILES string of the molecule is CCOC(=O)/C=C1\SCC(=O)N1Cc1ccc(Cl)s1. The van der Waals surface area contributed by atoms with Gasteiger partial charge in [-0.2, -0.15) is 0 Å². The van der Waals surface area contributed by atoms with Crippen LogP contribution in [0, 0.1) is 0 Å². The van der Waals surface area contributed by atoms with Gasteiger partial charge < -0.3 is 9.64 Å². The van der Waals surface area contributed by atoms with Crippen molar-refractivity contribution in [3.8, 4) is 0 Å². The molecule has 1 aromatic rings. The van der Waals surface area contributed by atoms with Crippen LogP contribution in [0.4, 0.5) is 0 Å². The molecule has 2 rings (SSSR count). The molecule has 1 aliphatic heterocycles. The van der Waals surface area contributed by atoms with Crippen LogP contribution in [0.1, 0.15) is 11.8 Å². The van der Waals surface area contributed by atoms with Crippen molar-refractivity contribution >= 4 is 46.6 Å². The minimum Gasteiger partial charge on any atom is -0.463 e. The minimum atomic E-state index is -0.422. The first kappa shape index (κ1) is 14.4. The average Bonchev–Trinajstić information content (AvgIpc) is 2.90. The lowest BCUT2D eigenvalue weighted by atomic mass is 10.4. The van der Waals surface area contributed by atoms with Crippen LogP contribution in [0.2, 0.25) is 4.34 Å². The van der Waals surface area contributed by atoms with Gasteiger partial charge in [0.15, 0.2) is 0 Å². The van der Waals surface area contributed by atoms with Gasteiger partial charge in [0, 0.05) is 4.88 Å². The Labute approximate surface area is 124 Å². The van der Waals surface area contributed by atoms with Crippen molar-refractivity contribution in [2.24, 2.45) is 0 Å². The Morgan fingerprint density at radius 3 is 3.00 bits per heavy atom. The Kier molecular flexibility index (Phi) is 4.90. The fourth-order valence-electron chi connectivity index (χ4n) is 1.58. The summed E-state index contributed by atoms with van der Waals surface area (Å²) in [5, 5.41) is 0.632. The zero-order valence-electron chi connectivity index (χ0n) is 10.2. The number of rotatable bonds is 4. The lowest BCUT2D eigenvalue weighted by Gasteiger charge is -2.15. The van der Waals surface area contributed by atoms with E-state index in [1.165, 1.54) is 29.2 Å². The number of ether oxygens (including phenoxy) is 1. The summed E-state index contributed by atoms with van der Waals surface area (Å²) in [6.45, 7) is 2.50. The third-order valence-electron chi connectivity index (χ3n) is 2.38. The molecule has 0 unspecified atom stereocenters. The van der Waals surface area contributed by atoms with Crippen molar-refractivity contribution in [2.45, 2.75) is 13.5 Å². The van der Waals surface area contributed by atoms with Crippen LogP contribution in [0.25, 0.3) is 0 Å². The molecule has 4 nitrogen and oxygen atoms in total. The summed E-state index contributed by atoms with van der Waals surface area (Å²) >= 11 is 8.64. The molecule has 102 valence electrons. The fraction of sp³-hybridized carbons (Fsp3) is 0.333. The number of thiophene rings is 1. The normalized spacial score (nSPS) is 17.3. The molecule has 1 aromatic heterocycles. The summed E-state index contributed by atoms with van der Waals surface area (Å²) in [7, 11) is 0. The van der Waals surface area contributed by atoms with E-state index in [0.29, 0.717) is 28.3 Å². The number of nitrogens with zero attached hydrogens (tertiary/aromatic N) is 1. The van der Waals surface area contributed by atoms with Crippen LogP contribution in [0.5, 0.6) is 0 Å². The van der Waals surface area contributed by atoms with Gasteiger partial charge in [0.1, 0.15) is 0 Å². The van der Waals surface area contributed by atoms with Gasteiger partial charge in [-0.25, -0.2) is 4.79 Å². The summed E-state index contributed by atoms with van der Waals surface area (Å²) < 4.78 is 5.54. The Morgan fingerprint density at radius 1 is 1.58 bits per heavy atom. The molecule has 0 saturated carbocycles. The smallest absolute Gasteiger partial charge is 0.333 e. The molecule has 19 heavy (non-hydrogen) atoms. The van der Waals surface area contributed by atoms with E-state index in [2.05, 4.69) is 0 Å². The molecule has 0 atom stereocenters. The highest BCUT2D eigenvalue weighted by Crippen LogP contribution is 2.32. The predicted molar refractivity (Wildman–Crippen MR) is 77.1 cm³/mol. The topological polar surface area (TPSA) is 46.6 Å². The van der Waals surface area contributed by atoms with Crippen molar-refractivity contribution in [2.75, 3.05) is 12.4 Å². The summed E-state index contributed by atoms with van der Waals surface area (Å²) in [5.41, 5.74) is 0. The molecule has 0 aromatic carbocycles. The van der Waals surface area contributed by atoms with E-state index in [9.17, 15) is 9.59 Å². The Bertz CT molecular complexity index is 527. The molecule has 1 saturated heterocycles. The third kappa shape index (κ3) is 3.75. The maximum absolute atomic E-state index is 11.8. The molecule has 0 radical (unpaired) electrons. The molecular weight excluding hydrogens is 306 g/mol. The zero-order valence-corrected chi connectivity index (χ0v) is 12.6. The largest absolute Gasteiger partial charge is 0.463 e. The fourth-order valence-corrected chi connectivity index (χ4v) is 3.58. The molecule has 2 heterocycles. The summed E-state index contributed by atoms with van der Waals surface area (Å²) in [6.07, 6.45) is 1.37. The van der Waals surface area contributed by atoms with Crippen LogP contribution in [-0.4, -0.2) is 29.1 Å². The van der Waals surface area contributed by atoms with Gasteiger partial charge in [-0.1, -0.05) is 23.4 Å². The van der Waals surface area contributed by atoms with Crippen LogP contribution in [0.15, 0.2) is 23.2 Å². The second-order valence-electron chi connectivity index (χ2n) is 3.71. The number of carbonyl (C=O) groups is 2. The molecule has 7 heteroatoms. The van der Waals surface area contributed by atoms with E-state index in [1.807, 2.05) is 6.07 Å². The number of halogens is 1. The van der Waals surface area contributed by atoms with Crippen molar-refractivity contribution in [1.82, 2.24) is 4.90 Å². The van der Waals surface area contributed by atoms with E-state index in [-0.39, 0.29) is 5.91 Å². The second-order valence-corrected chi connectivity index (χ2v) is 6.50. The standard InChI is InChI=1S/C12H12ClNO3S2/c1-2-17-12(16)5-11-14(10(15)7-18-11)6-8-3-4-9(13)19-8/h3-5H,2,6-7H2,1H3/b11-5-. The average molecular weight is 318 g/mol. The van der Waals surface area contributed by atoms with E-state index >= 15 is 0 Å². The van der Waals surface area contributed by atoms with Gasteiger partial charge in [0.05, 0.1) is 34.3 Å². The molecule has 0 N–H and O–H groups in total. The molecule has 1 fully saturated rings. The van der Waals surface area contributed by atoms with Crippen molar-refractivity contribution < 1.29 is 14.3 Å². The highest BCUT2D eigenvalue weighted by atomic mass is 35.5. The number of amides is 1. The number of thioether (sulfide) groups is 1. The van der Waals surface area contributed by atoms with Crippen molar-refractivity contribution in [3.63, 3.8) is 0 Å². The van der Waals surface area contributed by atoms with E-state index in [0.717, 1.165) is 4.88 Å². The van der Waals surface area contributed by atoms with Crippen LogP contribution in [-0.2, 0) is 20.9 Å². The van der Waals surface area contributed by atoms with Gasteiger partial charge in [-0.3, -0.25) is 4.79 Å². The Hall–Kier alpha value is -0.980. The first-order valence-corrected chi connectivity index (χ1v) is 7.84. The van der Waals surface area contributed by atoms with Gasteiger partial charge >= 0.3 is 5.97 Å². The second kappa shape index (κ2) is 6.45.